The summed E-state index contributed by atoms with van der Waals surface area (Å²) >= 11 is 0. The van der Waals surface area contributed by atoms with Crippen LogP contribution in [-0.2, 0) is 20.2 Å². The van der Waals surface area contributed by atoms with E-state index in [9.17, 15) is 13.2 Å². The Bertz CT molecular complexity index is 787. The SMILES string of the molecule is CCN(C(=O)CN1CCN(S(=O)(=O)c2ccc(C(C)(C)C)cc2)CC1)C1CC1. The van der Waals surface area contributed by atoms with Gasteiger partial charge in [0.05, 0.1) is 11.4 Å². The van der Waals surface area contributed by atoms with Crippen molar-refractivity contribution >= 4 is 15.9 Å². The van der Waals surface area contributed by atoms with Crippen molar-refractivity contribution in [3.8, 4) is 0 Å². The Morgan fingerprint density at radius 1 is 1.07 bits per heavy atom. The Morgan fingerprint density at radius 2 is 1.64 bits per heavy atom. The van der Waals surface area contributed by atoms with Crippen molar-refractivity contribution in [2.75, 3.05) is 39.3 Å². The van der Waals surface area contributed by atoms with Crippen LogP contribution in [0.15, 0.2) is 29.2 Å². The van der Waals surface area contributed by atoms with Crippen molar-refractivity contribution in [2.24, 2.45) is 0 Å². The van der Waals surface area contributed by atoms with E-state index in [2.05, 4.69) is 25.7 Å². The highest BCUT2D eigenvalue weighted by Crippen LogP contribution is 2.27. The summed E-state index contributed by atoms with van der Waals surface area (Å²) in [6.07, 6.45) is 2.22. The topological polar surface area (TPSA) is 60.9 Å². The molecule has 1 aliphatic heterocycles. The van der Waals surface area contributed by atoms with Gasteiger partial charge >= 0.3 is 0 Å². The van der Waals surface area contributed by atoms with Crippen LogP contribution in [0.5, 0.6) is 0 Å². The van der Waals surface area contributed by atoms with Gasteiger partial charge in [-0.2, -0.15) is 4.31 Å². The molecule has 1 aromatic carbocycles. The van der Waals surface area contributed by atoms with Crippen LogP contribution >= 0.6 is 0 Å². The minimum Gasteiger partial charge on any atom is -0.339 e. The number of sulfonamides is 1. The predicted octanol–water partition coefficient (Wildman–Crippen LogP) is 2.30. The number of carbonyl (C=O) groups excluding carboxylic acids is 1. The Labute approximate surface area is 169 Å². The number of piperazine rings is 1. The molecule has 28 heavy (non-hydrogen) atoms. The Balaban J connectivity index is 1.58. The van der Waals surface area contributed by atoms with Crippen molar-refractivity contribution < 1.29 is 13.2 Å². The standard InChI is InChI=1S/C21H33N3O3S/c1-5-24(18-8-9-18)20(25)16-22-12-14-23(15-13-22)28(26,27)19-10-6-17(7-11-19)21(2,3)4/h6-7,10-11,18H,5,8-9,12-16H2,1-4H3. The highest BCUT2D eigenvalue weighted by Gasteiger charge is 2.33. The van der Waals surface area contributed by atoms with Gasteiger partial charge in [-0.05, 0) is 42.9 Å². The number of amides is 1. The number of nitrogens with zero attached hydrogens (tertiary/aromatic N) is 3. The molecule has 1 saturated carbocycles. The molecule has 0 bridgehead atoms. The third-order valence-corrected chi connectivity index (χ3v) is 7.61. The molecule has 0 radical (unpaired) electrons. The largest absolute Gasteiger partial charge is 0.339 e. The van der Waals surface area contributed by atoms with Gasteiger partial charge in [-0.1, -0.05) is 32.9 Å². The van der Waals surface area contributed by atoms with Crippen LogP contribution in [-0.4, -0.2) is 73.7 Å². The van der Waals surface area contributed by atoms with Crippen molar-refractivity contribution in [3.63, 3.8) is 0 Å². The molecular weight excluding hydrogens is 374 g/mol. The molecule has 0 N–H and O–H groups in total. The highest BCUT2D eigenvalue weighted by atomic mass is 32.2. The van der Waals surface area contributed by atoms with Crippen LogP contribution < -0.4 is 0 Å². The molecular formula is C21H33N3O3S. The van der Waals surface area contributed by atoms with E-state index in [0.717, 1.165) is 24.9 Å². The summed E-state index contributed by atoms with van der Waals surface area (Å²) in [4.78, 5) is 16.9. The van der Waals surface area contributed by atoms with E-state index in [-0.39, 0.29) is 11.3 Å². The summed E-state index contributed by atoms with van der Waals surface area (Å²) in [7, 11) is -3.49. The number of rotatable bonds is 6. The van der Waals surface area contributed by atoms with Gasteiger partial charge in [0.25, 0.3) is 0 Å². The van der Waals surface area contributed by atoms with Crippen molar-refractivity contribution in [1.82, 2.24) is 14.1 Å². The monoisotopic (exact) mass is 407 g/mol. The number of carbonyl (C=O) groups is 1. The summed E-state index contributed by atoms with van der Waals surface area (Å²) in [6.45, 7) is 11.5. The van der Waals surface area contributed by atoms with E-state index in [1.807, 2.05) is 24.0 Å². The number of hydrogen-bond donors (Lipinski definition) is 0. The lowest BCUT2D eigenvalue weighted by Gasteiger charge is -2.34. The molecule has 3 rings (SSSR count). The van der Waals surface area contributed by atoms with Crippen LogP contribution in [0.25, 0.3) is 0 Å². The maximum absolute atomic E-state index is 13.0. The maximum Gasteiger partial charge on any atom is 0.243 e. The Kier molecular flexibility index (Phi) is 6.17. The van der Waals surface area contributed by atoms with Crippen LogP contribution in [0.1, 0.15) is 46.1 Å². The molecule has 1 aromatic rings. The molecule has 1 heterocycles. The molecule has 156 valence electrons. The number of benzene rings is 1. The van der Waals surface area contributed by atoms with Gasteiger partial charge in [0.1, 0.15) is 0 Å². The lowest BCUT2D eigenvalue weighted by Crippen LogP contribution is -2.51. The zero-order chi connectivity index (χ0) is 20.5. The molecule has 1 aliphatic carbocycles. The van der Waals surface area contributed by atoms with E-state index in [4.69, 9.17) is 0 Å². The molecule has 2 fully saturated rings. The van der Waals surface area contributed by atoms with E-state index in [1.165, 1.54) is 0 Å². The summed E-state index contributed by atoms with van der Waals surface area (Å²) < 4.78 is 27.5. The van der Waals surface area contributed by atoms with E-state index in [0.29, 0.717) is 43.7 Å². The summed E-state index contributed by atoms with van der Waals surface area (Å²) in [6, 6.07) is 7.65. The first-order valence-electron chi connectivity index (χ1n) is 10.3. The van der Waals surface area contributed by atoms with E-state index in [1.54, 1.807) is 16.4 Å². The third-order valence-electron chi connectivity index (χ3n) is 5.70. The van der Waals surface area contributed by atoms with Gasteiger partial charge in [-0.15, -0.1) is 0 Å². The third kappa shape index (κ3) is 4.75. The fourth-order valence-electron chi connectivity index (χ4n) is 3.71. The minimum atomic E-state index is -3.49. The summed E-state index contributed by atoms with van der Waals surface area (Å²) in [5.74, 6) is 0.166. The van der Waals surface area contributed by atoms with Crippen LogP contribution in [0.4, 0.5) is 0 Å². The molecule has 0 aromatic heterocycles. The van der Waals surface area contributed by atoms with Gasteiger partial charge in [-0.3, -0.25) is 9.69 Å². The van der Waals surface area contributed by atoms with Crippen LogP contribution in [0.3, 0.4) is 0 Å². The van der Waals surface area contributed by atoms with E-state index < -0.39 is 10.0 Å². The maximum atomic E-state index is 13.0. The Hall–Kier alpha value is -1.44. The fourth-order valence-corrected chi connectivity index (χ4v) is 5.13. The fraction of sp³-hybridized carbons (Fsp3) is 0.667. The smallest absolute Gasteiger partial charge is 0.243 e. The lowest BCUT2D eigenvalue weighted by atomic mass is 9.87. The Morgan fingerprint density at radius 3 is 2.11 bits per heavy atom. The summed E-state index contributed by atoms with van der Waals surface area (Å²) in [5.41, 5.74) is 1.11. The predicted molar refractivity (Wildman–Crippen MR) is 111 cm³/mol. The molecule has 2 aliphatic rings. The second-order valence-electron chi connectivity index (χ2n) is 8.87. The molecule has 0 atom stereocenters. The molecule has 1 amide bonds. The quantitative estimate of drug-likeness (QED) is 0.726. The lowest BCUT2D eigenvalue weighted by molar-refractivity contribution is -0.133. The highest BCUT2D eigenvalue weighted by molar-refractivity contribution is 7.89. The normalized spacial score (nSPS) is 19.6. The van der Waals surface area contributed by atoms with Gasteiger partial charge in [0.2, 0.25) is 15.9 Å². The zero-order valence-corrected chi connectivity index (χ0v) is 18.3. The minimum absolute atomic E-state index is 0.00665. The van der Waals surface area contributed by atoms with Gasteiger partial charge in [0.15, 0.2) is 0 Å². The second kappa shape index (κ2) is 8.13. The average molecular weight is 408 g/mol. The first-order chi connectivity index (χ1) is 13.1. The van der Waals surface area contributed by atoms with Crippen molar-refractivity contribution in [2.45, 2.75) is 56.9 Å². The second-order valence-corrected chi connectivity index (χ2v) is 10.8. The number of likely N-dealkylation sites (N-methyl/N-ethyl adjacent to an activating group) is 1. The van der Waals surface area contributed by atoms with Crippen molar-refractivity contribution in [1.29, 1.82) is 0 Å². The molecule has 7 heteroatoms. The first kappa shape index (κ1) is 21.3. The average Bonchev–Trinajstić information content (AvgIpc) is 3.47. The first-order valence-corrected chi connectivity index (χ1v) is 11.7. The summed E-state index contributed by atoms with van der Waals surface area (Å²) in [5, 5.41) is 0. The molecule has 0 spiro atoms. The van der Waals surface area contributed by atoms with Gasteiger partial charge in [0, 0.05) is 38.8 Å². The zero-order valence-electron chi connectivity index (χ0n) is 17.5. The van der Waals surface area contributed by atoms with Gasteiger partial charge < -0.3 is 4.90 Å². The van der Waals surface area contributed by atoms with Crippen molar-refractivity contribution in [3.05, 3.63) is 29.8 Å². The molecule has 6 nitrogen and oxygen atoms in total. The van der Waals surface area contributed by atoms with Crippen LogP contribution in [0, 0.1) is 0 Å². The van der Waals surface area contributed by atoms with E-state index >= 15 is 0 Å². The molecule has 0 unspecified atom stereocenters. The van der Waals surface area contributed by atoms with Crippen LogP contribution in [0.2, 0.25) is 0 Å². The number of hydrogen-bond acceptors (Lipinski definition) is 4. The van der Waals surface area contributed by atoms with Gasteiger partial charge in [-0.25, -0.2) is 8.42 Å². The molecule has 1 saturated heterocycles.